The number of fused-ring (bicyclic) bond motifs is 3. The van der Waals surface area contributed by atoms with Gasteiger partial charge in [-0.15, -0.1) is 0 Å². The lowest BCUT2D eigenvalue weighted by Gasteiger charge is -2.14. The molecule has 0 aliphatic heterocycles. The van der Waals surface area contributed by atoms with Crippen LogP contribution in [0.3, 0.4) is 0 Å². The van der Waals surface area contributed by atoms with Gasteiger partial charge in [0.2, 0.25) is 0 Å². The summed E-state index contributed by atoms with van der Waals surface area (Å²) in [6.07, 6.45) is -0.328. The molecule has 0 aliphatic carbocycles. The SMILES string of the molecule is C=C(C)C(=O)OC(C)c1cccc2c1[nH]c1ccccc12. The van der Waals surface area contributed by atoms with Crippen molar-refractivity contribution in [1.82, 2.24) is 4.98 Å². The molecule has 0 fully saturated rings. The molecule has 106 valence electrons. The zero-order chi connectivity index (χ0) is 15.0. The van der Waals surface area contributed by atoms with Crippen LogP contribution in [0, 0.1) is 0 Å². The Morgan fingerprint density at radius 2 is 1.86 bits per heavy atom. The van der Waals surface area contributed by atoms with Gasteiger partial charge in [-0.2, -0.15) is 0 Å². The zero-order valence-electron chi connectivity index (χ0n) is 12.1. The van der Waals surface area contributed by atoms with E-state index >= 15 is 0 Å². The summed E-state index contributed by atoms with van der Waals surface area (Å²) >= 11 is 0. The van der Waals surface area contributed by atoms with E-state index in [0.717, 1.165) is 22.0 Å². The summed E-state index contributed by atoms with van der Waals surface area (Å²) in [7, 11) is 0. The van der Waals surface area contributed by atoms with Gasteiger partial charge >= 0.3 is 5.97 Å². The second kappa shape index (κ2) is 5.09. The van der Waals surface area contributed by atoms with Gasteiger partial charge in [-0.25, -0.2) is 4.79 Å². The molecule has 21 heavy (non-hydrogen) atoms. The van der Waals surface area contributed by atoms with Crippen LogP contribution in [0.1, 0.15) is 25.5 Å². The summed E-state index contributed by atoms with van der Waals surface area (Å²) in [5, 5.41) is 2.31. The maximum atomic E-state index is 11.7. The Hall–Kier alpha value is -2.55. The zero-order valence-corrected chi connectivity index (χ0v) is 12.1. The molecule has 1 atom stereocenters. The average Bonchev–Trinajstić information content (AvgIpc) is 2.85. The van der Waals surface area contributed by atoms with Crippen molar-refractivity contribution in [3.63, 3.8) is 0 Å². The third-order valence-electron chi connectivity index (χ3n) is 3.64. The third kappa shape index (κ3) is 2.31. The second-order valence-corrected chi connectivity index (χ2v) is 5.27. The molecular weight excluding hydrogens is 262 g/mol. The van der Waals surface area contributed by atoms with Gasteiger partial charge in [0.1, 0.15) is 6.10 Å². The predicted octanol–water partition coefficient (Wildman–Crippen LogP) is 4.50. The van der Waals surface area contributed by atoms with Crippen LogP contribution in [-0.2, 0) is 9.53 Å². The number of benzene rings is 2. The highest BCUT2D eigenvalue weighted by Gasteiger charge is 2.16. The highest BCUT2D eigenvalue weighted by atomic mass is 16.5. The maximum Gasteiger partial charge on any atom is 0.333 e. The molecule has 1 N–H and O–H groups in total. The second-order valence-electron chi connectivity index (χ2n) is 5.27. The molecule has 1 aromatic heterocycles. The summed E-state index contributed by atoms with van der Waals surface area (Å²) in [4.78, 5) is 15.1. The number of carbonyl (C=O) groups is 1. The molecule has 0 amide bonds. The average molecular weight is 279 g/mol. The Morgan fingerprint density at radius 3 is 2.62 bits per heavy atom. The lowest BCUT2D eigenvalue weighted by molar-refractivity contribution is -0.143. The molecule has 0 spiro atoms. The van der Waals surface area contributed by atoms with Crippen LogP contribution in [-0.4, -0.2) is 11.0 Å². The van der Waals surface area contributed by atoms with Gasteiger partial charge in [0, 0.05) is 27.4 Å². The summed E-state index contributed by atoms with van der Waals surface area (Å²) in [5.41, 5.74) is 3.48. The number of aromatic amines is 1. The normalized spacial score (nSPS) is 12.5. The number of nitrogens with one attached hydrogen (secondary N) is 1. The fraction of sp³-hybridized carbons (Fsp3) is 0.167. The Bertz CT molecular complexity index is 845. The van der Waals surface area contributed by atoms with Crippen molar-refractivity contribution in [2.75, 3.05) is 0 Å². The number of ether oxygens (including phenoxy) is 1. The van der Waals surface area contributed by atoms with Gasteiger partial charge in [-0.05, 0) is 19.9 Å². The van der Waals surface area contributed by atoms with Gasteiger partial charge in [-0.3, -0.25) is 0 Å². The molecule has 3 heteroatoms. The summed E-state index contributed by atoms with van der Waals surface area (Å²) < 4.78 is 5.44. The van der Waals surface area contributed by atoms with Crippen LogP contribution in [0.15, 0.2) is 54.6 Å². The quantitative estimate of drug-likeness (QED) is 0.566. The molecule has 0 radical (unpaired) electrons. The molecule has 3 nitrogen and oxygen atoms in total. The molecule has 0 saturated heterocycles. The van der Waals surface area contributed by atoms with Crippen LogP contribution in [0.25, 0.3) is 21.8 Å². The van der Waals surface area contributed by atoms with Gasteiger partial charge < -0.3 is 9.72 Å². The van der Waals surface area contributed by atoms with Crippen molar-refractivity contribution < 1.29 is 9.53 Å². The minimum atomic E-state index is -0.365. The van der Waals surface area contributed by atoms with E-state index in [2.05, 4.69) is 23.7 Å². The van der Waals surface area contributed by atoms with Gasteiger partial charge in [0.15, 0.2) is 0 Å². The maximum absolute atomic E-state index is 11.7. The molecular formula is C18H17NO2. The van der Waals surface area contributed by atoms with E-state index in [1.54, 1.807) is 6.92 Å². The minimum absolute atomic E-state index is 0.328. The Balaban J connectivity index is 2.10. The molecule has 3 aromatic rings. The van der Waals surface area contributed by atoms with E-state index in [4.69, 9.17) is 4.74 Å². The van der Waals surface area contributed by atoms with Gasteiger partial charge in [0.25, 0.3) is 0 Å². The van der Waals surface area contributed by atoms with Crippen LogP contribution < -0.4 is 0 Å². The van der Waals surface area contributed by atoms with E-state index in [0.29, 0.717) is 5.57 Å². The molecule has 3 rings (SSSR count). The van der Waals surface area contributed by atoms with Crippen LogP contribution in [0.4, 0.5) is 0 Å². The Kier molecular flexibility index (Phi) is 3.26. The van der Waals surface area contributed by atoms with E-state index in [1.807, 2.05) is 37.3 Å². The van der Waals surface area contributed by atoms with Crippen molar-refractivity contribution in [2.45, 2.75) is 20.0 Å². The summed E-state index contributed by atoms with van der Waals surface area (Å²) in [6, 6.07) is 14.2. The molecule has 1 heterocycles. The van der Waals surface area contributed by atoms with Crippen molar-refractivity contribution >= 4 is 27.8 Å². The predicted molar refractivity (Wildman–Crippen MR) is 85.1 cm³/mol. The highest BCUT2D eigenvalue weighted by Crippen LogP contribution is 2.31. The topological polar surface area (TPSA) is 42.1 Å². The number of carbonyl (C=O) groups excluding carboxylic acids is 1. The van der Waals surface area contributed by atoms with Crippen LogP contribution in [0.5, 0.6) is 0 Å². The van der Waals surface area contributed by atoms with Gasteiger partial charge in [-0.1, -0.05) is 43.0 Å². The number of aromatic nitrogens is 1. The van der Waals surface area contributed by atoms with Crippen molar-refractivity contribution in [2.24, 2.45) is 0 Å². The van der Waals surface area contributed by atoms with E-state index in [1.165, 1.54) is 5.39 Å². The monoisotopic (exact) mass is 279 g/mol. The fourth-order valence-electron chi connectivity index (χ4n) is 2.56. The van der Waals surface area contributed by atoms with Crippen molar-refractivity contribution in [1.29, 1.82) is 0 Å². The molecule has 0 bridgehead atoms. The molecule has 0 aliphatic rings. The smallest absolute Gasteiger partial charge is 0.333 e. The molecule has 1 unspecified atom stereocenters. The number of esters is 1. The van der Waals surface area contributed by atoms with E-state index < -0.39 is 0 Å². The number of para-hydroxylation sites is 2. The number of hydrogen-bond donors (Lipinski definition) is 1. The highest BCUT2D eigenvalue weighted by molar-refractivity contribution is 6.08. The Morgan fingerprint density at radius 1 is 1.14 bits per heavy atom. The minimum Gasteiger partial charge on any atom is -0.454 e. The summed E-state index contributed by atoms with van der Waals surface area (Å²) in [6.45, 7) is 7.14. The number of H-pyrrole nitrogens is 1. The van der Waals surface area contributed by atoms with Crippen LogP contribution >= 0.6 is 0 Å². The number of hydrogen-bond acceptors (Lipinski definition) is 2. The lowest BCUT2D eigenvalue weighted by Crippen LogP contribution is -2.09. The van der Waals surface area contributed by atoms with Crippen molar-refractivity contribution in [3.8, 4) is 0 Å². The van der Waals surface area contributed by atoms with Crippen molar-refractivity contribution in [3.05, 3.63) is 60.2 Å². The third-order valence-corrected chi connectivity index (χ3v) is 3.64. The first-order valence-corrected chi connectivity index (χ1v) is 6.93. The Labute approximate surface area is 123 Å². The first-order valence-electron chi connectivity index (χ1n) is 6.93. The molecule has 2 aromatic carbocycles. The fourth-order valence-corrected chi connectivity index (χ4v) is 2.56. The standard InChI is InChI=1S/C18H17NO2/c1-11(2)18(20)21-12(3)13-8-6-9-15-14-7-4-5-10-16(14)19-17(13)15/h4-10,12,19H,1H2,2-3H3. The number of rotatable bonds is 3. The molecule has 0 saturated carbocycles. The van der Waals surface area contributed by atoms with E-state index in [9.17, 15) is 4.79 Å². The first-order chi connectivity index (χ1) is 10.1. The summed E-state index contributed by atoms with van der Waals surface area (Å²) in [5.74, 6) is -0.365. The first kappa shape index (κ1) is 13.4. The van der Waals surface area contributed by atoms with E-state index in [-0.39, 0.29) is 12.1 Å². The van der Waals surface area contributed by atoms with Crippen LogP contribution in [0.2, 0.25) is 0 Å². The van der Waals surface area contributed by atoms with Gasteiger partial charge in [0.05, 0.1) is 5.52 Å². The lowest BCUT2D eigenvalue weighted by atomic mass is 10.1. The largest absolute Gasteiger partial charge is 0.454 e.